The van der Waals surface area contributed by atoms with E-state index in [4.69, 9.17) is 9.47 Å². The van der Waals surface area contributed by atoms with E-state index in [1.165, 1.54) is 5.56 Å². The van der Waals surface area contributed by atoms with Crippen LogP contribution in [0.5, 0.6) is 5.75 Å². The second-order valence-corrected chi connectivity index (χ2v) is 11.5. The van der Waals surface area contributed by atoms with E-state index >= 15 is 0 Å². The third-order valence-corrected chi connectivity index (χ3v) is 8.79. The average Bonchev–Trinajstić information content (AvgIpc) is 2.77. The number of rotatable bonds is 3. The number of nitrogens with zero attached hydrogens (tertiary/aromatic N) is 1. The zero-order valence-corrected chi connectivity index (χ0v) is 19.3. The summed E-state index contributed by atoms with van der Waals surface area (Å²) in [7, 11) is -3.45. The molecule has 1 saturated carbocycles. The van der Waals surface area contributed by atoms with Gasteiger partial charge in [-0.2, -0.15) is 0 Å². The number of benzene rings is 1. The number of carbonyl (C=O) groups excluding carboxylic acids is 1. The number of amides is 1. The Morgan fingerprint density at radius 2 is 1.84 bits per heavy atom. The normalized spacial score (nSPS) is 29.9. The highest BCUT2D eigenvalue weighted by atomic mass is 32.2. The molecule has 1 aromatic rings. The maximum Gasteiger partial charge on any atom is 0.260 e. The first-order valence-electron chi connectivity index (χ1n) is 11.5. The van der Waals surface area contributed by atoms with Crippen LogP contribution in [0.4, 0.5) is 0 Å². The second-order valence-electron chi connectivity index (χ2n) is 9.25. The Kier molecular flexibility index (Phi) is 6.89. The number of piperidine rings is 1. The molecule has 5 rings (SSSR count). The predicted octanol–water partition coefficient (Wildman–Crippen LogP) is 2.81. The lowest BCUT2D eigenvalue weighted by atomic mass is 9.82. The largest absolute Gasteiger partial charge is 0.483 e. The Morgan fingerprint density at radius 3 is 2.58 bits per heavy atom. The molecule has 0 spiro atoms. The number of fused-ring (bicyclic) bond motifs is 5. The Balaban J connectivity index is 1.60. The highest BCUT2D eigenvalue weighted by Crippen LogP contribution is 2.38. The molecule has 1 aliphatic carbocycles. The average molecular weight is 451 g/mol. The van der Waals surface area contributed by atoms with Gasteiger partial charge >= 0.3 is 0 Å². The number of para-hydroxylation sites is 1. The second kappa shape index (κ2) is 9.46. The third-order valence-electron chi connectivity index (χ3n) is 6.92. The predicted molar refractivity (Wildman–Crippen MR) is 119 cm³/mol. The third kappa shape index (κ3) is 5.07. The Hall–Kier alpha value is -1.64. The summed E-state index contributed by atoms with van der Waals surface area (Å²) in [4.78, 5) is 14.9. The van der Waals surface area contributed by atoms with Gasteiger partial charge in [-0.05, 0) is 69.9 Å². The maximum atomic E-state index is 13.2. The van der Waals surface area contributed by atoms with Gasteiger partial charge in [-0.3, -0.25) is 4.79 Å². The quantitative estimate of drug-likeness (QED) is 0.766. The number of sulfonamides is 1. The van der Waals surface area contributed by atoms with Gasteiger partial charge in [-0.1, -0.05) is 18.2 Å². The fourth-order valence-corrected chi connectivity index (χ4v) is 5.97. The van der Waals surface area contributed by atoms with Crippen LogP contribution < -0.4 is 9.46 Å². The van der Waals surface area contributed by atoms with Crippen molar-refractivity contribution < 1.29 is 22.7 Å². The first-order chi connectivity index (χ1) is 14.8. The van der Waals surface area contributed by atoms with Crippen LogP contribution in [0.15, 0.2) is 24.3 Å². The number of hydrogen-bond acceptors (Lipinski definition) is 5. The van der Waals surface area contributed by atoms with Crippen LogP contribution in [0.3, 0.4) is 0 Å². The van der Waals surface area contributed by atoms with Gasteiger partial charge in [0.1, 0.15) is 5.75 Å². The molecule has 4 aliphatic rings. The van der Waals surface area contributed by atoms with Crippen LogP contribution in [0.2, 0.25) is 0 Å². The van der Waals surface area contributed by atoms with Crippen LogP contribution in [0.1, 0.15) is 63.9 Å². The molecule has 1 aromatic carbocycles. The van der Waals surface area contributed by atoms with Crippen molar-refractivity contribution in [3.8, 4) is 5.75 Å². The standard InChI is InChI=1S/C23H34N2O5S/c1-16(2)31(27,28)24-20-7-5-13-25-21(20)14-29-18-11-9-17(10-12-18)19-6-3-4-8-22(19)30-15-23(25)26/h3-4,6,8,16-18,20-21,24H,5,7,9-15H2,1-2H3/t17?,18?,20-,21?/m0/s1. The van der Waals surface area contributed by atoms with Crippen molar-refractivity contribution in [2.75, 3.05) is 19.8 Å². The fraction of sp³-hybridized carbons (Fsp3) is 0.696. The molecule has 7 nitrogen and oxygen atoms in total. The molecule has 1 N–H and O–H groups in total. The fourth-order valence-electron chi connectivity index (χ4n) is 5.00. The first kappa shape index (κ1) is 22.6. The van der Waals surface area contributed by atoms with Crippen molar-refractivity contribution in [2.45, 2.75) is 81.7 Å². The summed E-state index contributed by atoms with van der Waals surface area (Å²) in [5.74, 6) is 1.08. The highest BCUT2D eigenvalue weighted by Gasteiger charge is 2.38. The SMILES string of the molecule is CC(C)S(=O)(=O)N[C@H]1CCCN2C(=O)COc3ccccc3C3CCC(CC3)OCC12. The van der Waals surface area contributed by atoms with Crippen LogP contribution in [0.25, 0.3) is 0 Å². The molecule has 2 fully saturated rings. The van der Waals surface area contributed by atoms with Gasteiger partial charge in [-0.25, -0.2) is 13.1 Å². The van der Waals surface area contributed by atoms with Crippen molar-refractivity contribution in [1.29, 1.82) is 0 Å². The molecule has 172 valence electrons. The van der Waals surface area contributed by atoms with Crippen molar-refractivity contribution in [1.82, 2.24) is 9.62 Å². The van der Waals surface area contributed by atoms with Crippen LogP contribution >= 0.6 is 0 Å². The van der Waals surface area contributed by atoms with Crippen molar-refractivity contribution >= 4 is 15.9 Å². The topological polar surface area (TPSA) is 84.9 Å². The van der Waals surface area contributed by atoms with Crippen LogP contribution in [-0.4, -0.2) is 62.4 Å². The zero-order valence-electron chi connectivity index (χ0n) is 18.5. The minimum absolute atomic E-state index is 0.0483. The number of ether oxygens (including phenoxy) is 2. The smallest absolute Gasteiger partial charge is 0.260 e. The number of nitrogens with one attached hydrogen (secondary N) is 1. The minimum Gasteiger partial charge on any atom is -0.483 e. The number of hydrogen-bond donors (Lipinski definition) is 1. The summed E-state index contributed by atoms with van der Waals surface area (Å²) in [6.07, 6.45) is 5.55. The summed E-state index contributed by atoms with van der Waals surface area (Å²) in [6, 6.07) is 7.34. The van der Waals surface area contributed by atoms with Gasteiger partial charge in [0.05, 0.1) is 24.0 Å². The van der Waals surface area contributed by atoms with E-state index in [0.717, 1.165) is 37.9 Å². The summed E-state index contributed by atoms with van der Waals surface area (Å²) in [6.45, 7) is 4.22. The molecule has 8 heteroatoms. The lowest BCUT2D eigenvalue weighted by Gasteiger charge is -2.42. The van der Waals surface area contributed by atoms with E-state index in [9.17, 15) is 13.2 Å². The molecular formula is C23H34N2O5S. The van der Waals surface area contributed by atoms with E-state index in [1.54, 1.807) is 18.7 Å². The maximum absolute atomic E-state index is 13.2. The van der Waals surface area contributed by atoms with Gasteiger partial charge in [-0.15, -0.1) is 0 Å². The number of carbonyl (C=O) groups is 1. The van der Waals surface area contributed by atoms with E-state index in [0.29, 0.717) is 25.5 Å². The van der Waals surface area contributed by atoms with Crippen molar-refractivity contribution in [3.63, 3.8) is 0 Å². The first-order valence-corrected chi connectivity index (χ1v) is 13.0. The molecular weight excluding hydrogens is 416 g/mol. The van der Waals surface area contributed by atoms with Crippen molar-refractivity contribution in [3.05, 3.63) is 29.8 Å². The van der Waals surface area contributed by atoms with Gasteiger partial charge in [0, 0.05) is 12.6 Å². The van der Waals surface area contributed by atoms with Gasteiger partial charge < -0.3 is 14.4 Å². The van der Waals surface area contributed by atoms with E-state index < -0.39 is 15.3 Å². The molecule has 2 bridgehead atoms. The van der Waals surface area contributed by atoms with Gasteiger partial charge in [0.15, 0.2) is 6.61 Å². The lowest BCUT2D eigenvalue weighted by Crippen LogP contribution is -2.60. The van der Waals surface area contributed by atoms with Crippen LogP contribution in [-0.2, 0) is 19.6 Å². The Labute approximate surface area is 185 Å². The highest BCUT2D eigenvalue weighted by molar-refractivity contribution is 7.90. The Bertz CT molecular complexity index is 880. The molecule has 3 aliphatic heterocycles. The summed E-state index contributed by atoms with van der Waals surface area (Å²) in [5, 5.41) is -0.524. The zero-order chi connectivity index (χ0) is 22.0. The summed E-state index contributed by atoms with van der Waals surface area (Å²) in [5.41, 5.74) is 1.17. The molecule has 1 unspecified atom stereocenters. The molecule has 1 saturated heterocycles. The van der Waals surface area contributed by atoms with E-state index in [-0.39, 0.29) is 30.7 Å². The summed E-state index contributed by atoms with van der Waals surface area (Å²) >= 11 is 0. The Morgan fingerprint density at radius 1 is 1.10 bits per heavy atom. The molecule has 31 heavy (non-hydrogen) atoms. The van der Waals surface area contributed by atoms with Gasteiger partial charge in [0.25, 0.3) is 5.91 Å². The molecule has 0 radical (unpaired) electrons. The van der Waals surface area contributed by atoms with E-state index in [1.807, 2.05) is 18.2 Å². The van der Waals surface area contributed by atoms with Crippen molar-refractivity contribution in [2.24, 2.45) is 0 Å². The van der Waals surface area contributed by atoms with Gasteiger partial charge in [0.2, 0.25) is 10.0 Å². The van der Waals surface area contributed by atoms with E-state index in [2.05, 4.69) is 10.8 Å². The summed E-state index contributed by atoms with van der Waals surface area (Å²) < 4.78 is 40.3. The molecule has 3 heterocycles. The lowest BCUT2D eigenvalue weighted by molar-refractivity contribution is -0.140. The van der Waals surface area contributed by atoms with Crippen LogP contribution in [0, 0.1) is 0 Å². The minimum atomic E-state index is -3.45. The molecule has 2 atom stereocenters. The molecule has 0 aromatic heterocycles. The monoisotopic (exact) mass is 450 g/mol. The molecule has 1 amide bonds.